The van der Waals surface area contributed by atoms with Crippen LogP contribution in [0.4, 0.5) is 28.4 Å². The average Bonchev–Trinajstić information content (AvgIpc) is 3.01. The van der Waals surface area contributed by atoms with Gasteiger partial charge < -0.3 is 9.71 Å². The number of hydrogen-bond acceptors (Lipinski definition) is 2. The van der Waals surface area contributed by atoms with Gasteiger partial charge in [-0.2, -0.15) is 0 Å². The Morgan fingerprint density at radius 2 is 1.20 bits per heavy atom. The molecule has 0 spiro atoms. The lowest BCUT2D eigenvalue weighted by molar-refractivity contribution is 0.592. The maximum absolute atomic E-state index is 2.56. The van der Waals surface area contributed by atoms with E-state index in [-0.39, 0.29) is 12.3 Å². The highest BCUT2D eigenvalue weighted by Gasteiger charge is 2.45. The highest BCUT2D eigenvalue weighted by Crippen LogP contribution is 2.49. The van der Waals surface area contributed by atoms with Crippen LogP contribution < -0.4 is 20.6 Å². The molecule has 0 amide bonds. The number of benzene rings is 6. The second-order valence-corrected chi connectivity index (χ2v) is 12.2. The Bertz CT molecular complexity index is 1950. The molecular weight excluding hydrogens is 495 g/mol. The molecule has 0 saturated carbocycles. The zero-order chi connectivity index (χ0) is 27.7. The Kier molecular flexibility index (Phi) is 5.21. The number of para-hydroxylation sites is 3. The summed E-state index contributed by atoms with van der Waals surface area (Å²) in [6, 6.07) is 49.1. The van der Waals surface area contributed by atoms with Crippen LogP contribution in [0.3, 0.4) is 0 Å². The Morgan fingerprint density at radius 3 is 2.02 bits per heavy atom. The lowest BCUT2D eigenvalue weighted by atomic mass is 9.43. The third-order valence-electron chi connectivity index (χ3n) is 8.75. The van der Waals surface area contributed by atoms with Gasteiger partial charge in [0.25, 0.3) is 0 Å². The first-order valence-corrected chi connectivity index (χ1v) is 14.5. The minimum atomic E-state index is -0.0390. The first-order chi connectivity index (χ1) is 20.0. The number of fused-ring (bicyclic) bond motifs is 5. The van der Waals surface area contributed by atoms with Crippen LogP contribution in [0.1, 0.15) is 26.3 Å². The molecule has 6 aromatic rings. The maximum atomic E-state index is 2.56. The average molecular weight is 526 g/mol. The van der Waals surface area contributed by atoms with E-state index < -0.39 is 0 Å². The minimum Gasteiger partial charge on any atom is -0.376 e. The first-order valence-electron chi connectivity index (χ1n) is 14.5. The van der Waals surface area contributed by atoms with Crippen molar-refractivity contribution in [2.45, 2.75) is 26.2 Å². The smallest absolute Gasteiger partial charge is 0.333 e. The van der Waals surface area contributed by atoms with Crippen molar-refractivity contribution < 1.29 is 0 Å². The normalized spacial score (nSPS) is 13.6. The molecule has 6 aromatic carbocycles. The van der Waals surface area contributed by atoms with Crippen LogP contribution in [0, 0.1) is 0 Å². The van der Waals surface area contributed by atoms with Gasteiger partial charge in [0.05, 0.1) is 5.69 Å². The van der Waals surface area contributed by atoms with E-state index in [1.165, 1.54) is 66.8 Å². The molecule has 0 radical (unpaired) electrons. The molecule has 8 rings (SSSR count). The highest BCUT2D eigenvalue weighted by atomic mass is 15.2. The predicted octanol–water partition coefficient (Wildman–Crippen LogP) is 8.84. The molecule has 0 aromatic heterocycles. The molecule has 0 atom stereocenters. The molecule has 41 heavy (non-hydrogen) atoms. The largest absolute Gasteiger partial charge is 0.376 e. The predicted molar refractivity (Wildman–Crippen MR) is 176 cm³/mol. The molecule has 0 bridgehead atoms. The topological polar surface area (TPSA) is 6.48 Å². The number of rotatable bonds is 2. The fourth-order valence-corrected chi connectivity index (χ4v) is 7.02. The van der Waals surface area contributed by atoms with E-state index in [1.54, 1.807) is 0 Å². The Labute approximate surface area is 242 Å². The van der Waals surface area contributed by atoms with E-state index in [4.69, 9.17) is 0 Å². The molecule has 3 heteroatoms. The molecule has 2 heterocycles. The van der Waals surface area contributed by atoms with Crippen molar-refractivity contribution in [2.24, 2.45) is 0 Å². The van der Waals surface area contributed by atoms with Crippen LogP contribution in [0.25, 0.3) is 21.9 Å². The summed E-state index contributed by atoms with van der Waals surface area (Å²) in [6.07, 6.45) is 0. The van der Waals surface area contributed by atoms with Crippen molar-refractivity contribution in [2.75, 3.05) is 9.71 Å². The van der Waals surface area contributed by atoms with Gasteiger partial charge in [0.1, 0.15) is 0 Å². The summed E-state index contributed by atoms with van der Waals surface area (Å²) < 4.78 is 0. The Hall–Kier alpha value is -4.76. The third-order valence-corrected chi connectivity index (χ3v) is 8.75. The van der Waals surface area contributed by atoms with E-state index in [2.05, 4.69) is 164 Å². The fraction of sp³-hybridized carbons (Fsp3) is 0.105. The number of anilines is 5. The van der Waals surface area contributed by atoms with Gasteiger partial charge in [0.2, 0.25) is 0 Å². The Morgan fingerprint density at radius 1 is 0.537 bits per heavy atom. The molecule has 0 unspecified atom stereocenters. The zero-order valence-electron chi connectivity index (χ0n) is 23.7. The monoisotopic (exact) mass is 526 g/mol. The van der Waals surface area contributed by atoms with Crippen LogP contribution in [0.5, 0.6) is 0 Å². The standard InChI is InChI=1S/C38H31BN2/c1-38(2,3)31-25-24-26-14-7-8-17-28(26)37(31)40-34-22-12-10-20-32(34)39-36-30(19-13-23-35(36)40)29-18-9-11-21-33(29)41(39)27-15-5-4-6-16-27/h4-25H,1-3H3. The van der Waals surface area contributed by atoms with Crippen molar-refractivity contribution >= 4 is 57.0 Å². The molecule has 0 fully saturated rings. The van der Waals surface area contributed by atoms with Gasteiger partial charge in [0, 0.05) is 33.7 Å². The van der Waals surface area contributed by atoms with Gasteiger partial charge in [-0.05, 0) is 63.2 Å². The second kappa shape index (κ2) is 8.87. The van der Waals surface area contributed by atoms with Crippen molar-refractivity contribution in [3.63, 3.8) is 0 Å². The van der Waals surface area contributed by atoms with Gasteiger partial charge in [-0.15, -0.1) is 0 Å². The van der Waals surface area contributed by atoms with E-state index in [0.29, 0.717) is 0 Å². The second-order valence-electron chi connectivity index (χ2n) is 12.2. The van der Waals surface area contributed by atoms with Crippen LogP contribution in [0.15, 0.2) is 133 Å². The van der Waals surface area contributed by atoms with E-state index in [1.807, 2.05) is 0 Å². The number of nitrogens with zero attached hydrogens (tertiary/aromatic N) is 2. The zero-order valence-corrected chi connectivity index (χ0v) is 23.7. The fourth-order valence-electron chi connectivity index (χ4n) is 7.02. The van der Waals surface area contributed by atoms with Gasteiger partial charge in [-0.25, -0.2) is 0 Å². The molecule has 0 aliphatic carbocycles. The lowest BCUT2D eigenvalue weighted by Gasteiger charge is -2.46. The summed E-state index contributed by atoms with van der Waals surface area (Å²) in [7, 11) is 0. The van der Waals surface area contributed by atoms with Crippen molar-refractivity contribution in [3.05, 3.63) is 139 Å². The summed E-state index contributed by atoms with van der Waals surface area (Å²) in [5.41, 5.74) is 12.8. The molecular formula is C38H31BN2. The minimum absolute atomic E-state index is 0.0390. The summed E-state index contributed by atoms with van der Waals surface area (Å²) in [5.74, 6) is 0. The molecule has 2 nitrogen and oxygen atoms in total. The van der Waals surface area contributed by atoms with Crippen molar-refractivity contribution in [1.82, 2.24) is 0 Å². The van der Waals surface area contributed by atoms with Gasteiger partial charge in [-0.3, -0.25) is 0 Å². The Balaban J connectivity index is 1.51. The quantitative estimate of drug-likeness (QED) is 0.208. The SMILES string of the molecule is CC(C)(C)c1ccc2ccccc2c1N1c2ccccc2B2c3c(cccc31)-c1ccccc1N2c1ccccc1. The van der Waals surface area contributed by atoms with Crippen molar-refractivity contribution in [1.29, 1.82) is 0 Å². The highest BCUT2D eigenvalue weighted by molar-refractivity contribution is 6.93. The van der Waals surface area contributed by atoms with Gasteiger partial charge >= 0.3 is 6.85 Å². The molecule has 0 N–H and O–H groups in total. The molecule has 196 valence electrons. The van der Waals surface area contributed by atoms with Crippen LogP contribution in [-0.4, -0.2) is 6.85 Å². The molecule has 0 saturated heterocycles. The maximum Gasteiger partial charge on any atom is 0.333 e. The third kappa shape index (κ3) is 3.52. The van der Waals surface area contributed by atoms with E-state index >= 15 is 0 Å². The van der Waals surface area contributed by atoms with Crippen molar-refractivity contribution in [3.8, 4) is 11.1 Å². The summed E-state index contributed by atoms with van der Waals surface area (Å²) in [6.45, 7) is 7.03. The summed E-state index contributed by atoms with van der Waals surface area (Å²) >= 11 is 0. The molecule has 2 aliphatic rings. The lowest BCUT2D eigenvalue weighted by Crippen LogP contribution is -2.61. The van der Waals surface area contributed by atoms with Crippen LogP contribution in [0.2, 0.25) is 0 Å². The summed E-state index contributed by atoms with van der Waals surface area (Å²) in [5, 5.41) is 2.54. The van der Waals surface area contributed by atoms with E-state index in [9.17, 15) is 0 Å². The van der Waals surface area contributed by atoms with Crippen LogP contribution in [-0.2, 0) is 5.41 Å². The first kappa shape index (κ1) is 24.1. The summed E-state index contributed by atoms with van der Waals surface area (Å²) in [4.78, 5) is 5.11. The van der Waals surface area contributed by atoms with Crippen LogP contribution >= 0.6 is 0 Å². The van der Waals surface area contributed by atoms with Gasteiger partial charge in [0.15, 0.2) is 0 Å². The van der Waals surface area contributed by atoms with Gasteiger partial charge in [-0.1, -0.05) is 124 Å². The molecule has 2 aliphatic heterocycles. The number of hydrogen-bond donors (Lipinski definition) is 0. The van der Waals surface area contributed by atoms with E-state index in [0.717, 1.165) is 0 Å².